The van der Waals surface area contributed by atoms with Crippen molar-refractivity contribution in [3.05, 3.63) is 23.3 Å². The molecule has 5 nitrogen and oxygen atoms in total. The molecule has 1 aliphatic heterocycles. The molecule has 19 heavy (non-hydrogen) atoms. The van der Waals surface area contributed by atoms with Crippen molar-refractivity contribution in [2.75, 3.05) is 22.6 Å². The topological polar surface area (TPSA) is 89.3 Å². The lowest BCUT2D eigenvalue weighted by Crippen LogP contribution is -2.24. The number of benzene rings is 1. The molecule has 1 unspecified atom stereocenters. The number of aryl methyl sites for hydroxylation is 2. The molecule has 0 aliphatic carbocycles. The predicted molar refractivity (Wildman–Crippen MR) is 75.7 cm³/mol. The third kappa shape index (κ3) is 3.07. The summed E-state index contributed by atoms with van der Waals surface area (Å²) in [5.74, 6) is -0.618. The highest BCUT2D eigenvalue weighted by Gasteiger charge is 2.33. The predicted octanol–water partition coefficient (Wildman–Crippen LogP) is 1.26. The summed E-state index contributed by atoms with van der Waals surface area (Å²) in [5, 5.41) is 2.80. The summed E-state index contributed by atoms with van der Waals surface area (Å²) < 4.78 is 22.7. The second kappa shape index (κ2) is 4.85. The van der Waals surface area contributed by atoms with E-state index in [0.717, 1.165) is 11.1 Å². The molecule has 1 aromatic rings. The number of carbonyl (C=O) groups excluding carboxylic acids is 1. The van der Waals surface area contributed by atoms with Crippen molar-refractivity contribution in [1.82, 2.24) is 0 Å². The highest BCUT2D eigenvalue weighted by Crippen LogP contribution is 2.25. The maximum absolute atomic E-state index is 12.0. The van der Waals surface area contributed by atoms with E-state index in [0.29, 0.717) is 17.8 Å². The number of hydrogen-bond acceptors (Lipinski definition) is 4. The molecular formula is C13H18N2O3S. The largest absolute Gasteiger partial charge is 0.399 e. The highest BCUT2D eigenvalue weighted by molar-refractivity contribution is 7.91. The molecule has 1 heterocycles. The van der Waals surface area contributed by atoms with Crippen molar-refractivity contribution in [3.63, 3.8) is 0 Å². The minimum Gasteiger partial charge on any atom is -0.399 e. The normalized spacial score (nSPS) is 21.3. The van der Waals surface area contributed by atoms with E-state index >= 15 is 0 Å². The smallest absolute Gasteiger partial charge is 0.228 e. The first-order chi connectivity index (χ1) is 8.78. The molecule has 1 aromatic carbocycles. The van der Waals surface area contributed by atoms with E-state index in [1.807, 2.05) is 19.9 Å². The lowest BCUT2D eigenvalue weighted by Gasteiger charge is -2.13. The molecule has 1 fully saturated rings. The van der Waals surface area contributed by atoms with Crippen LogP contribution in [-0.2, 0) is 14.6 Å². The first kappa shape index (κ1) is 13.9. The maximum atomic E-state index is 12.0. The molecule has 1 aliphatic rings. The zero-order valence-corrected chi connectivity index (χ0v) is 11.9. The quantitative estimate of drug-likeness (QED) is 0.799. The summed E-state index contributed by atoms with van der Waals surface area (Å²) in [4.78, 5) is 12.0. The van der Waals surface area contributed by atoms with Gasteiger partial charge in [-0.2, -0.15) is 0 Å². The number of sulfone groups is 1. The molecule has 104 valence electrons. The summed E-state index contributed by atoms with van der Waals surface area (Å²) in [6.45, 7) is 3.72. The molecule has 2 rings (SSSR count). The van der Waals surface area contributed by atoms with Gasteiger partial charge in [0.1, 0.15) is 0 Å². The van der Waals surface area contributed by atoms with Gasteiger partial charge in [-0.05, 0) is 43.5 Å². The number of nitrogens with one attached hydrogen (secondary N) is 1. The van der Waals surface area contributed by atoms with Gasteiger partial charge in [-0.15, -0.1) is 0 Å². The zero-order chi connectivity index (χ0) is 14.2. The van der Waals surface area contributed by atoms with Crippen molar-refractivity contribution in [2.45, 2.75) is 20.3 Å². The van der Waals surface area contributed by atoms with Gasteiger partial charge < -0.3 is 11.1 Å². The van der Waals surface area contributed by atoms with Gasteiger partial charge in [-0.25, -0.2) is 8.42 Å². The van der Waals surface area contributed by atoms with Crippen LogP contribution in [0.1, 0.15) is 17.5 Å². The van der Waals surface area contributed by atoms with E-state index < -0.39 is 15.8 Å². The van der Waals surface area contributed by atoms with Crippen molar-refractivity contribution in [3.8, 4) is 0 Å². The van der Waals surface area contributed by atoms with Crippen molar-refractivity contribution < 1.29 is 13.2 Å². The number of amides is 1. The van der Waals surface area contributed by atoms with Crippen LogP contribution in [0.25, 0.3) is 0 Å². The summed E-state index contributed by atoms with van der Waals surface area (Å²) in [7, 11) is -3.04. The molecular weight excluding hydrogens is 264 g/mol. The maximum Gasteiger partial charge on any atom is 0.228 e. The van der Waals surface area contributed by atoms with Crippen LogP contribution in [0.15, 0.2) is 12.1 Å². The Morgan fingerprint density at radius 1 is 1.32 bits per heavy atom. The molecule has 0 spiro atoms. The number of nitrogen functional groups attached to an aromatic ring is 1. The van der Waals surface area contributed by atoms with Crippen molar-refractivity contribution in [2.24, 2.45) is 5.92 Å². The molecule has 1 atom stereocenters. The van der Waals surface area contributed by atoms with Crippen LogP contribution in [0, 0.1) is 19.8 Å². The lowest BCUT2D eigenvalue weighted by atomic mass is 10.1. The Labute approximate surface area is 113 Å². The molecule has 0 radical (unpaired) electrons. The zero-order valence-electron chi connectivity index (χ0n) is 11.1. The first-order valence-electron chi connectivity index (χ1n) is 6.16. The summed E-state index contributed by atoms with van der Waals surface area (Å²) in [6, 6.07) is 3.61. The van der Waals surface area contributed by atoms with Crippen LogP contribution in [0.5, 0.6) is 0 Å². The van der Waals surface area contributed by atoms with E-state index in [1.54, 1.807) is 6.07 Å². The SMILES string of the molecule is Cc1cc(NC(=O)C2CCS(=O)(=O)C2)c(C)cc1N. The van der Waals surface area contributed by atoms with E-state index in [2.05, 4.69) is 5.32 Å². The Balaban J connectivity index is 2.14. The standard InChI is InChI=1S/C13H18N2O3S/c1-8-6-12(9(2)5-11(8)14)15-13(16)10-3-4-19(17,18)7-10/h5-6,10H,3-4,7,14H2,1-2H3,(H,15,16). The van der Waals surface area contributed by atoms with E-state index in [9.17, 15) is 13.2 Å². The first-order valence-corrected chi connectivity index (χ1v) is 7.98. The summed E-state index contributed by atoms with van der Waals surface area (Å²) >= 11 is 0. The Morgan fingerprint density at radius 3 is 2.58 bits per heavy atom. The third-order valence-electron chi connectivity index (χ3n) is 3.47. The minimum atomic E-state index is -3.04. The van der Waals surface area contributed by atoms with E-state index in [-0.39, 0.29) is 17.4 Å². The van der Waals surface area contributed by atoms with Gasteiger partial charge in [0, 0.05) is 11.4 Å². The van der Waals surface area contributed by atoms with Gasteiger partial charge in [0.05, 0.1) is 17.4 Å². The second-order valence-electron chi connectivity index (χ2n) is 5.11. The van der Waals surface area contributed by atoms with Crippen LogP contribution in [0.2, 0.25) is 0 Å². The fourth-order valence-corrected chi connectivity index (χ4v) is 3.95. The van der Waals surface area contributed by atoms with Crippen LogP contribution in [0.3, 0.4) is 0 Å². The van der Waals surface area contributed by atoms with Crippen LogP contribution < -0.4 is 11.1 Å². The van der Waals surface area contributed by atoms with Crippen molar-refractivity contribution in [1.29, 1.82) is 0 Å². The van der Waals surface area contributed by atoms with Gasteiger partial charge in [-0.1, -0.05) is 0 Å². The fraction of sp³-hybridized carbons (Fsp3) is 0.462. The average Bonchev–Trinajstić information content (AvgIpc) is 2.66. The Morgan fingerprint density at radius 2 is 2.00 bits per heavy atom. The highest BCUT2D eigenvalue weighted by atomic mass is 32.2. The molecule has 3 N–H and O–H groups in total. The minimum absolute atomic E-state index is 0.0498. The lowest BCUT2D eigenvalue weighted by molar-refractivity contribution is -0.119. The Kier molecular flexibility index (Phi) is 3.54. The summed E-state index contributed by atoms with van der Waals surface area (Å²) in [6.07, 6.45) is 0.404. The van der Waals surface area contributed by atoms with Gasteiger partial charge in [0.25, 0.3) is 0 Å². The van der Waals surface area contributed by atoms with Crippen molar-refractivity contribution >= 4 is 27.1 Å². The number of anilines is 2. The Hall–Kier alpha value is -1.56. The number of nitrogens with two attached hydrogens (primary N) is 1. The van der Waals surface area contributed by atoms with Crippen LogP contribution in [-0.4, -0.2) is 25.8 Å². The number of hydrogen-bond donors (Lipinski definition) is 2. The summed E-state index contributed by atoms with van der Waals surface area (Å²) in [5.41, 5.74) is 8.92. The number of rotatable bonds is 2. The van der Waals surface area contributed by atoms with Gasteiger partial charge in [-0.3, -0.25) is 4.79 Å². The molecule has 0 saturated carbocycles. The fourth-order valence-electron chi connectivity index (χ4n) is 2.21. The van der Waals surface area contributed by atoms with Gasteiger partial charge in [0.15, 0.2) is 9.84 Å². The van der Waals surface area contributed by atoms with Crippen LogP contribution in [0.4, 0.5) is 11.4 Å². The number of carbonyl (C=O) groups is 1. The third-order valence-corrected chi connectivity index (χ3v) is 5.24. The molecule has 0 bridgehead atoms. The average molecular weight is 282 g/mol. The molecule has 1 saturated heterocycles. The molecule has 1 amide bonds. The second-order valence-corrected chi connectivity index (χ2v) is 7.34. The van der Waals surface area contributed by atoms with E-state index in [1.165, 1.54) is 0 Å². The monoisotopic (exact) mass is 282 g/mol. The van der Waals surface area contributed by atoms with Crippen LogP contribution >= 0.6 is 0 Å². The Bertz CT molecular complexity index is 623. The van der Waals surface area contributed by atoms with Gasteiger partial charge in [0.2, 0.25) is 5.91 Å². The molecule has 0 aromatic heterocycles. The van der Waals surface area contributed by atoms with E-state index in [4.69, 9.17) is 5.73 Å². The van der Waals surface area contributed by atoms with Gasteiger partial charge >= 0.3 is 0 Å². The molecule has 6 heteroatoms.